The van der Waals surface area contributed by atoms with Gasteiger partial charge in [-0.3, -0.25) is 4.79 Å². The summed E-state index contributed by atoms with van der Waals surface area (Å²) >= 11 is 1.28. The van der Waals surface area contributed by atoms with Crippen LogP contribution >= 0.6 is 11.8 Å². The number of nitrogen functional groups attached to an aromatic ring is 1. The standard InChI is InChI=1S/C17H20N6O3S/c1-4-23-9-19-15-14(23)16(22-17(18)21-15)27-8-13(24)20-10-5-6-11(25-2)12(7-10)26-3/h5-7,9H,4,8H2,1-3H3,(H,20,24)(H2,18,21,22). The number of benzene rings is 1. The Balaban J connectivity index is 1.73. The Bertz CT molecular complexity index is 975. The number of carbonyl (C=O) groups is 1. The van der Waals surface area contributed by atoms with Crippen molar-refractivity contribution in [3.8, 4) is 11.5 Å². The first kappa shape index (κ1) is 18.8. The van der Waals surface area contributed by atoms with Crippen molar-refractivity contribution in [2.75, 3.05) is 31.0 Å². The fourth-order valence-corrected chi connectivity index (χ4v) is 3.39. The van der Waals surface area contributed by atoms with Crippen LogP contribution in [-0.2, 0) is 11.3 Å². The van der Waals surface area contributed by atoms with Gasteiger partial charge in [0, 0.05) is 18.3 Å². The number of carbonyl (C=O) groups excluding carboxylic acids is 1. The molecule has 142 valence electrons. The minimum absolute atomic E-state index is 0.131. The van der Waals surface area contributed by atoms with E-state index in [-0.39, 0.29) is 17.6 Å². The van der Waals surface area contributed by atoms with Gasteiger partial charge in [0.15, 0.2) is 17.1 Å². The molecular weight excluding hydrogens is 368 g/mol. The van der Waals surface area contributed by atoms with Crippen LogP contribution in [0.15, 0.2) is 29.6 Å². The van der Waals surface area contributed by atoms with Crippen molar-refractivity contribution < 1.29 is 14.3 Å². The van der Waals surface area contributed by atoms with Crippen LogP contribution in [0.25, 0.3) is 11.2 Å². The summed E-state index contributed by atoms with van der Waals surface area (Å²) in [5.41, 5.74) is 7.66. The molecule has 0 bridgehead atoms. The second-order valence-electron chi connectivity index (χ2n) is 5.50. The van der Waals surface area contributed by atoms with Gasteiger partial charge >= 0.3 is 0 Å². The number of fused-ring (bicyclic) bond motifs is 1. The molecule has 0 fully saturated rings. The van der Waals surface area contributed by atoms with Gasteiger partial charge in [0.2, 0.25) is 11.9 Å². The number of nitrogens with two attached hydrogens (primary N) is 1. The van der Waals surface area contributed by atoms with Crippen LogP contribution in [0.2, 0.25) is 0 Å². The summed E-state index contributed by atoms with van der Waals surface area (Å²) in [4.78, 5) is 25.0. The summed E-state index contributed by atoms with van der Waals surface area (Å²) in [6, 6.07) is 5.18. The van der Waals surface area contributed by atoms with E-state index in [4.69, 9.17) is 15.2 Å². The molecule has 2 heterocycles. The molecule has 0 saturated carbocycles. The molecule has 0 spiro atoms. The Morgan fingerprint density at radius 3 is 2.74 bits per heavy atom. The van der Waals surface area contributed by atoms with Crippen molar-refractivity contribution in [3.05, 3.63) is 24.5 Å². The number of nitrogens with zero attached hydrogens (tertiary/aromatic N) is 4. The number of aryl methyl sites for hydroxylation is 1. The van der Waals surface area contributed by atoms with E-state index in [9.17, 15) is 4.79 Å². The van der Waals surface area contributed by atoms with E-state index < -0.39 is 0 Å². The highest BCUT2D eigenvalue weighted by atomic mass is 32.2. The minimum atomic E-state index is -0.180. The van der Waals surface area contributed by atoms with Gasteiger partial charge in [-0.25, -0.2) is 9.97 Å². The van der Waals surface area contributed by atoms with Crippen LogP contribution in [0.1, 0.15) is 6.92 Å². The number of imidazole rings is 1. The molecule has 0 aliphatic rings. The van der Waals surface area contributed by atoms with Crippen LogP contribution in [0.5, 0.6) is 11.5 Å². The molecule has 2 aromatic heterocycles. The van der Waals surface area contributed by atoms with Crippen LogP contribution < -0.4 is 20.5 Å². The molecule has 9 nitrogen and oxygen atoms in total. The van der Waals surface area contributed by atoms with Crippen molar-refractivity contribution in [1.82, 2.24) is 19.5 Å². The smallest absolute Gasteiger partial charge is 0.234 e. The zero-order chi connectivity index (χ0) is 19.4. The number of anilines is 2. The fourth-order valence-electron chi connectivity index (χ4n) is 2.55. The normalized spacial score (nSPS) is 10.8. The number of thioether (sulfide) groups is 1. The minimum Gasteiger partial charge on any atom is -0.493 e. The van der Waals surface area contributed by atoms with Gasteiger partial charge in [0.25, 0.3) is 0 Å². The van der Waals surface area contributed by atoms with E-state index in [0.29, 0.717) is 27.9 Å². The van der Waals surface area contributed by atoms with Gasteiger partial charge in [0.05, 0.1) is 26.3 Å². The average molecular weight is 388 g/mol. The molecule has 3 aromatic rings. The highest BCUT2D eigenvalue weighted by Gasteiger charge is 2.15. The number of ether oxygens (including phenoxy) is 2. The van der Waals surface area contributed by atoms with Crippen molar-refractivity contribution in [3.63, 3.8) is 0 Å². The first-order chi connectivity index (χ1) is 13.0. The molecule has 1 aromatic carbocycles. The van der Waals surface area contributed by atoms with Crippen LogP contribution in [0.3, 0.4) is 0 Å². The van der Waals surface area contributed by atoms with E-state index in [1.807, 2.05) is 11.5 Å². The van der Waals surface area contributed by atoms with Crippen LogP contribution in [0.4, 0.5) is 11.6 Å². The van der Waals surface area contributed by atoms with Crippen LogP contribution in [0, 0.1) is 0 Å². The van der Waals surface area contributed by atoms with Gasteiger partial charge in [-0.2, -0.15) is 4.98 Å². The largest absolute Gasteiger partial charge is 0.493 e. The Labute approximate surface area is 160 Å². The SMILES string of the molecule is CCn1cnc2nc(N)nc(SCC(=O)Nc3ccc(OC)c(OC)c3)c21. The zero-order valence-electron chi connectivity index (χ0n) is 15.2. The Morgan fingerprint density at radius 1 is 1.26 bits per heavy atom. The number of aromatic nitrogens is 4. The first-order valence-electron chi connectivity index (χ1n) is 8.18. The van der Waals surface area contributed by atoms with Gasteiger partial charge in [-0.05, 0) is 19.1 Å². The molecule has 0 radical (unpaired) electrons. The molecule has 0 aliphatic carbocycles. The number of amides is 1. The van der Waals surface area contributed by atoms with Gasteiger partial charge < -0.3 is 25.1 Å². The Morgan fingerprint density at radius 2 is 2.04 bits per heavy atom. The van der Waals surface area contributed by atoms with E-state index in [1.165, 1.54) is 11.8 Å². The third-order valence-electron chi connectivity index (χ3n) is 3.81. The summed E-state index contributed by atoms with van der Waals surface area (Å²) in [6.45, 7) is 2.71. The number of hydrogen-bond donors (Lipinski definition) is 2. The lowest BCUT2D eigenvalue weighted by atomic mass is 10.2. The number of nitrogens with one attached hydrogen (secondary N) is 1. The monoisotopic (exact) mass is 388 g/mol. The van der Waals surface area contributed by atoms with E-state index in [1.54, 1.807) is 38.7 Å². The van der Waals surface area contributed by atoms with Gasteiger partial charge in [0.1, 0.15) is 10.5 Å². The lowest BCUT2D eigenvalue weighted by molar-refractivity contribution is -0.113. The maximum Gasteiger partial charge on any atom is 0.234 e. The molecular formula is C17H20N6O3S. The highest BCUT2D eigenvalue weighted by Crippen LogP contribution is 2.30. The number of hydrogen-bond acceptors (Lipinski definition) is 8. The summed E-state index contributed by atoms with van der Waals surface area (Å²) in [7, 11) is 3.10. The maximum atomic E-state index is 12.4. The molecule has 0 aliphatic heterocycles. The third-order valence-corrected chi connectivity index (χ3v) is 4.77. The maximum absolute atomic E-state index is 12.4. The highest BCUT2D eigenvalue weighted by molar-refractivity contribution is 8.00. The van der Waals surface area contributed by atoms with Crippen molar-refractivity contribution in [2.45, 2.75) is 18.5 Å². The van der Waals surface area contributed by atoms with Crippen LogP contribution in [-0.4, -0.2) is 45.4 Å². The Hall–Kier alpha value is -3.01. The molecule has 3 rings (SSSR count). The molecule has 0 unspecified atom stereocenters. The second-order valence-corrected chi connectivity index (χ2v) is 6.46. The summed E-state index contributed by atoms with van der Waals surface area (Å²) in [6.07, 6.45) is 1.69. The molecule has 27 heavy (non-hydrogen) atoms. The summed E-state index contributed by atoms with van der Waals surface area (Å²) in [5.74, 6) is 1.25. The third kappa shape index (κ3) is 4.05. The lowest BCUT2D eigenvalue weighted by Gasteiger charge is -2.11. The van der Waals surface area contributed by atoms with E-state index in [0.717, 1.165) is 12.1 Å². The first-order valence-corrected chi connectivity index (χ1v) is 9.17. The van der Waals surface area contributed by atoms with Gasteiger partial charge in [-0.15, -0.1) is 0 Å². The molecule has 1 amide bonds. The molecule has 0 atom stereocenters. The predicted molar refractivity (Wildman–Crippen MR) is 104 cm³/mol. The molecule has 3 N–H and O–H groups in total. The summed E-state index contributed by atoms with van der Waals surface area (Å²) < 4.78 is 12.4. The quantitative estimate of drug-likeness (QED) is 0.467. The second kappa shape index (κ2) is 8.12. The lowest BCUT2D eigenvalue weighted by Crippen LogP contribution is -2.14. The van der Waals surface area contributed by atoms with E-state index in [2.05, 4.69) is 20.3 Å². The average Bonchev–Trinajstić information content (AvgIpc) is 3.08. The molecule has 0 saturated heterocycles. The number of rotatable bonds is 7. The van der Waals surface area contributed by atoms with Gasteiger partial charge in [-0.1, -0.05) is 11.8 Å². The number of methoxy groups -OCH3 is 2. The van der Waals surface area contributed by atoms with Crippen molar-refractivity contribution >= 4 is 40.5 Å². The molecule has 10 heteroatoms. The van der Waals surface area contributed by atoms with Crippen molar-refractivity contribution in [2.24, 2.45) is 0 Å². The predicted octanol–water partition coefficient (Wildman–Crippen LogP) is 2.18. The zero-order valence-corrected chi connectivity index (χ0v) is 16.0. The summed E-state index contributed by atoms with van der Waals surface area (Å²) in [5, 5.41) is 3.46. The fraction of sp³-hybridized carbons (Fsp3) is 0.294. The van der Waals surface area contributed by atoms with Crippen molar-refractivity contribution in [1.29, 1.82) is 0 Å². The van der Waals surface area contributed by atoms with E-state index >= 15 is 0 Å². The Kier molecular flexibility index (Phi) is 5.65. The topological polar surface area (TPSA) is 117 Å².